The summed E-state index contributed by atoms with van der Waals surface area (Å²) in [7, 11) is 2.05. The molecule has 2 N–H and O–H groups in total. The number of hydrogen-bond donors (Lipinski definition) is 2. The van der Waals surface area contributed by atoms with Crippen molar-refractivity contribution in [1.82, 2.24) is 15.1 Å². The van der Waals surface area contributed by atoms with E-state index in [0.717, 1.165) is 13.1 Å². The molecule has 146 valence electrons. The molecule has 2 aromatic rings. The number of amides is 2. The predicted octanol–water partition coefficient (Wildman–Crippen LogP) is 2.96. The third-order valence-electron chi connectivity index (χ3n) is 4.50. The van der Waals surface area contributed by atoms with Gasteiger partial charge in [0.25, 0.3) is 11.8 Å². The van der Waals surface area contributed by atoms with Crippen LogP contribution in [0.3, 0.4) is 0 Å². The van der Waals surface area contributed by atoms with Crippen LogP contribution in [0.5, 0.6) is 0 Å². The van der Waals surface area contributed by atoms with Gasteiger partial charge < -0.3 is 15.1 Å². The Kier molecular flexibility index (Phi) is 6.77. The lowest BCUT2D eigenvalue weighted by atomic mass is 10.1. The monoisotopic (exact) mass is 460 g/mol. The Balaban J connectivity index is 1.62. The zero-order valence-electron chi connectivity index (χ0n) is 15.4. The molecule has 0 aliphatic carbocycles. The van der Waals surface area contributed by atoms with Crippen molar-refractivity contribution in [3.05, 3.63) is 64.1 Å². The molecular formula is C20H21BrN4O2S. The number of piperazine rings is 1. The summed E-state index contributed by atoms with van der Waals surface area (Å²) in [5, 5.41) is 5.80. The highest BCUT2D eigenvalue weighted by Gasteiger charge is 2.20. The lowest BCUT2D eigenvalue weighted by molar-refractivity contribution is 0.0664. The molecule has 0 radical (unpaired) electrons. The van der Waals surface area contributed by atoms with Crippen molar-refractivity contribution in [3.63, 3.8) is 0 Å². The maximum Gasteiger partial charge on any atom is 0.258 e. The van der Waals surface area contributed by atoms with Crippen molar-refractivity contribution < 1.29 is 9.59 Å². The van der Waals surface area contributed by atoms with E-state index in [1.54, 1.807) is 42.5 Å². The quantitative estimate of drug-likeness (QED) is 0.689. The summed E-state index contributed by atoms with van der Waals surface area (Å²) in [6, 6.07) is 14.2. The average Bonchev–Trinajstić information content (AvgIpc) is 2.68. The van der Waals surface area contributed by atoms with E-state index >= 15 is 0 Å². The van der Waals surface area contributed by atoms with Crippen LogP contribution in [0, 0.1) is 0 Å². The van der Waals surface area contributed by atoms with Gasteiger partial charge in [-0.05, 0) is 65.5 Å². The molecule has 6 nitrogen and oxygen atoms in total. The van der Waals surface area contributed by atoms with Crippen LogP contribution in [-0.4, -0.2) is 60.0 Å². The fraction of sp³-hybridized carbons (Fsp3) is 0.250. The molecule has 2 aromatic carbocycles. The van der Waals surface area contributed by atoms with E-state index in [-0.39, 0.29) is 16.9 Å². The van der Waals surface area contributed by atoms with Crippen molar-refractivity contribution in [2.45, 2.75) is 0 Å². The number of carbonyl (C=O) groups is 2. The lowest BCUT2D eigenvalue weighted by Gasteiger charge is -2.32. The van der Waals surface area contributed by atoms with Gasteiger partial charge in [-0.25, -0.2) is 0 Å². The van der Waals surface area contributed by atoms with E-state index < -0.39 is 0 Å². The van der Waals surface area contributed by atoms with Gasteiger partial charge >= 0.3 is 0 Å². The topological polar surface area (TPSA) is 64.7 Å². The Morgan fingerprint density at radius 3 is 2.46 bits per heavy atom. The normalized spacial score (nSPS) is 14.4. The molecule has 0 saturated carbocycles. The number of nitrogens with one attached hydrogen (secondary N) is 2. The standard InChI is InChI=1S/C20H21BrN4O2S/c1-24-9-11-25(12-10-24)19(27)14-5-4-6-15(13-14)22-20(28)23-18(26)16-7-2-3-8-17(16)21/h2-8,13H,9-12H2,1H3,(H2,22,23,26,28). The number of likely N-dealkylation sites (N-methyl/N-ethyl adjacent to an activating group) is 1. The van der Waals surface area contributed by atoms with E-state index in [2.05, 4.69) is 38.5 Å². The number of anilines is 1. The Hall–Kier alpha value is -2.29. The number of carbonyl (C=O) groups excluding carboxylic acids is 2. The molecule has 1 aliphatic heterocycles. The predicted molar refractivity (Wildman–Crippen MR) is 118 cm³/mol. The molecule has 1 saturated heterocycles. The Labute approximate surface area is 178 Å². The maximum atomic E-state index is 12.7. The highest BCUT2D eigenvalue weighted by molar-refractivity contribution is 9.10. The molecule has 8 heteroatoms. The van der Waals surface area contributed by atoms with Crippen molar-refractivity contribution in [3.8, 4) is 0 Å². The maximum absolute atomic E-state index is 12.7. The van der Waals surface area contributed by atoms with Crippen LogP contribution in [0.1, 0.15) is 20.7 Å². The van der Waals surface area contributed by atoms with Crippen LogP contribution in [0.25, 0.3) is 0 Å². The van der Waals surface area contributed by atoms with Crippen molar-refractivity contribution in [1.29, 1.82) is 0 Å². The molecule has 0 spiro atoms. The van der Waals surface area contributed by atoms with Gasteiger partial charge in [0.1, 0.15) is 0 Å². The molecule has 28 heavy (non-hydrogen) atoms. The van der Waals surface area contributed by atoms with E-state index in [9.17, 15) is 9.59 Å². The Bertz CT molecular complexity index is 897. The van der Waals surface area contributed by atoms with E-state index in [0.29, 0.717) is 34.4 Å². The van der Waals surface area contributed by atoms with Gasteiger partial charge in [0, 0.05) is 41.9 Å². The molecule has 0 aromatic heterocycles. The molecule has 0 atom stereocenters. The summed E-state index contributed by atoms with van der Waals surface area (Å²) < 4.78 is 0.690. The number of rotatable bonds is 3. The minimum atomic E-state index is -0.311. The molecule has 1 aliphatic rings. The van der Waals surface area contributed by atoms with Gasteiger partial charge in [-0.15, -0.1) is 0 Å². The van der Waals surface area contributed by atoms with Gasteiger partial charge in [-0.3, -0.25) is 14.9 Å². The number of halogens is 1. The summed E-state index contributed by atoms with van der Waals surface area (Å²) in [4.78, 5) is 29.1. The van der Waals surface area contributed by atoms with E-state index in [1.807, 2.05) is 11.0 Å². The van der Waals surface area contributed by atoms with Crippen LogP contribution in [0.15, 0.2) is 53.0 Å². The molecule has 0 bridgehead atoms. The SMILES string of the molecule is CN1CCN(C(=O)c2cccc(NC(=S)NC(=O)c3ccccc3Br)c2)CC1. The van der Waals surface area contributed by atoms with E-state index in [4.69, 9.17) is 12.2 Å². The Morgan fingerprint density at radius 2 is 1.75 bits per heavy atom. The zero-order valence-corrected chi connectivity index (χ0v) is 17.8. The van der Waals surface area contributed by atoms with Crippen molar-refractivity contribution >= 4 is 50.8 Å². The van der Waals surface area contributed by atoms with Crippen molar-refractivity contribution in [2.75, 3.05) is 38.5 Å². The first-order chi connectivity index (χ1) is 13.4. The van der Waals surface area contributed by atoms with Crippen LogP contribution in [-0.2, 0) is 0 Å². The van der Waals surface area contributed by atoms with Gasteiger partial charge in [0.05, 0.1) is 5.56 Å². The third-order valence-corrected chi connectivity index (χ3v) is 5.40. The zero-order chi connectivity index (χ0) is 20.1. The molecular weight excluding hydrogens is 440 g/mol. The number of nitrogens with zero attached hydrogens (tertiary/aromatic N) is 2. The minimum absolute atomic E-state index is 0.0000740. The largest absolute Gasteiger partial charge is 0.336 e. The summed E-state index contributed by atoms with van der Waals surface area (Å²) in [6.07, 6.45) is 0. The molecule has 1 fully saturated rings. The molecule has 2 amide bonds. The molecule has 3 rings (SSSR count). The number of benzene rings is 2. The first-order valence-corrected chi connectivity index (χ1v) is 10.1. The third kappa shape index (κ3) is 5.15. The van der Waals surface area contributed by atoms with Crippen LogP contribution in [0.2, 0.25) is 0 Å². The number of thiocarbonyl (C=S) groups is 1. The smallest absolute Gasteiger partial charge is 0.258 e. The van der Waals surface area contributed by atoms with Crippen molar-refractivity contribution in [2.24, 2.45) is 0 Å². The average molecular weight is 461 g/mol. The van der Waals surface area contributed by atoms with Gasteiger partial charge in [0.2, 0.25) is 0 Å². The molecule has 0 unspecified atom stereocenters. The highest BCUT2D eigenvalue weighted by atomic mass is 79.9. The summed E-state index contributed by atoms with van der Waals surface area (Å²) >= 11 is 8.59. The second kappa shape index (κ2) is 9.27. The van der Waals surface area contributed by atoms with E-state index in [1.165, 1.54) is 0 Å². The van der Waals surface area contributed by atoms with Gasteiger partial charge in [-0.1, -0.05) is 18.2 Å². The van der Waals surface area contributed by atoms with Gasteiger partial charge in [-0.2, -0.15) is 0 Å². The summed E-state index contributed by atoms with van der Waals surface area (Å²) in [5.41, 5.74) is 1.73. The second-order valence-electron chi connectivity index (χ2n) is 6.56. The Morgan fingerprint density at radius 1 is 1.04 bits per heavy atom. The second-order valence-corrected chi connectivity index (χ2v) is 7.83. The first-order valence-electron chi connectivity index (χ1n) is 8.89. The van der Waals surface area contributed by atoms with Gasteiger partial charge in [0.15, 0.2) is 5.11 Å². The fourth-order valence-corrected chi connectivity index (χ4v) is 3.58. The lowest BCUT2D eigenvalue weighted by Crippen LogP contribution is -2.47. The summed E-state index contributed by atoms with van der Waals surface area (Å²) in [6.45, 7) is 3.17. The first kappa shape index (κ1) is 20.4. The van der Waals surface area contributed by atoms with Crippen LogP contribution < -0.4 is 10.6 Å². The highest BCUT2D eigenvalue weighted by Crippen LogP contribution is 2.16. The van der Waals surface area contributed by atoms with Crippen LogP contribution in [0.4, 0.5) is 5.69 Å². The number of hydrogen-bond acceptors (Lipinski definition) is 4. The fourth-order valence-electron chi connectivity index (χ4n) is 2.90. The molecule has 1 heterocycles. The summed E-state index contributed by atoms with van der Waals surface area (Å²) in [5.74, 6) is -0.311. The van der Waals surface area contributed by atoms with Crippen LogP contribution >= 0.6 is 28.1 Å². The minimum Gasteiger partial charge on any atom is -0.336 e.